The molecule has 5 heteroatoms. The molecule has 0 fully saturated rings. The summed E-state index contributed by atoms with van der Waals surface area (Å²) in [4.78, 5) is 23.6. The maximum absolute atomic E-state index is 12.1. The fourth-order valence-corrected chi connectivity index (χ4v) is 2.77. The van der Waals surface area contributed by atoms with E-state index in [1.54, 1.807) is 24.3 Å². The van der Waals surface area contributed by atoms with Crippen LogP contribution in [0, 0.1) is 6.92 Å². The highest BCUT2D eigenvalue weighted by atomic mass is 35.5. The van der Waals surface area contributed by atoms with Crippen LogP contribution in [0.3, 0.4) is 0 Å². The number of carbonyl (C=O) groups excluding carboxylic acids is 2. The van der Waals surface area contributed by atoms with Crippen molar-refractivity contribution in [2.75, 3.05) is 11.9 Å². The third-order valence-corrected chi connectivity index (χ3v) is 4.36. The average molecular weight is 354 g/mol. The molecule has 1 N–H and O–H groups in total. The average Bonchev–Trinajstić information content (AvgIpc) is 2.63. The number of amides is 1. The molecule has 25 heavy (non-hydrogen) atoms. The molecule has 3 aromatic rings. The van der Waals surface area contributed by atoms with Gasteiger partial charge in [-0.2, -0.15) is 0 Å². The summed E-state index contributed by atoms with van der Waals surface area (Å²) in [6.45, 7) is 1.62. The van der Waals surface area contributed by atoms with Gasteiger partial charge in [-0.15, -0.1) is 0 Å². The molecule has 0 aliphatic rings. The molecule has 3 rings (SSSR count). The lowest BCUT2D eigenvalue weighted by atomic mass is 10.0. The summed E-state index contributed by atoms with van der Waals surface area (Å²) in [5.74, 6) is 0.0574. The molecule has 0 saturated heterocycles. The van der Waals surface area contributed by atoms with Crippen LogP contribution in [-0.2, 0) is 4.79 Å². The fourth-order valence-electron chi connectivity index (χ4n) is 2.60. The number of aldehydes is 1. The standard InChI is InChI=1S/C20H16ClNO3/c1-13-17(21)7-4-8-18(13)22-20(24)12-25-19-10-9-14-5-2-3-6-15(14)16(19)11-23/h2-11H,12H2,1H3,(H,22,24). The van der Waals surface area contributed by atoms with Crippen LogP contribution in [0.25, 0.3) is 10.8 Å². The lowest BCUT2D eigenvalue weighted by molar-refractivity contribution is -0.118. The first-order chi connectivity index (χ1) is 12.1. The molecule has 4 nitrogen and oxygen atoms in total. The number of carbonyl (C=O) groups is 2. The number of halogens is 1. The maximum Gasteiger partial charge on any atom is 0.262 e. The Morgan fingerprint density at radius 2 is 1.92 bits per heavy atom. The number of hydrogen-bond acceptors (Lipinski definition) is 3. The van der Waals surface area contributed by atoms with Crippen LogP contribution < -0.4 is 10.1 Å². The summed E-state index contributed by atoms with van der Waals surface area (Å²) in [6.07, 6.45) is 0.747. The zero-order chi connectivity index (χ0) is 17.8. The largest absolute Gasteiger partial charge is 0.483 e. The molecule has 0 saturated carbocycles. The Labute approximate surface area is 150 Å². The quantitative estimate of drug-likeness (QED) is 0.680. The molecule has 0 atom stereocenters. The van der Waals surface area contributed by atoms with E-state index in [1.165, 1.54) is 0 Å². The molecule has 1 amide bonds. The molecular formula is C20H16ClNO3. The van der Waals surface area contributed by atoms with Gasteiger partial charge in [-0.3, -0.25) is 9.59 Å². The van der Waals surface area contributed by atoms with Gasteiger partial charge in [0.1, 0.15) is 5.75 Å². The number of ether oxygens (including phenoxy) is 1. The highest BCUT2D eigenvalue weighted by Gasteiger charge is 2.11. The van der Waals surface area contributed by atoms with Crippen molar-refractivity contribution in [3.05, 3.63) is 70.7 Å². The van der Waals surface area contributed by atoms with E-state index in [2.05, 4.69) is 5.32 Å². The van der Waals surface area contributed by atoms with Crippen LogP contribution in [0.4, 0.5) is 5.69 Å². The van der Waals surface area contributed by atoms with Crippen molar-refractivity contribution in [2.45, 2.75) is 6.92 Å². The monoisotopic (exact) mass is 353 g/mol. The van der Waals surface area contributed by atoms with Gasteiger partial charge in [-0.05, 0) is 41.5 Å². The van der Waals surface area contributed by atoms with Gasteiger partial charge in [0.2, 0.25) is 0 Å². The Kier molecular flexibility index (Phi) is 5.00. The molecule has 0 aliphatic heterocycles. The minimum atomic E-state index is -0.324. The van der Waals surface area contributed by atoms with Crippen molar-refractivity contribution >= 4 is 40.3 Å². The summed E-state index contributed by atoms with van der Waals surface area (Å²) >= 11 is 6.04. The van der Waals surface area contributed by atoms with E-state index < -0.39 is 0 Å². The van der Waals surface area contributed by atoms with E-state index in [9.17, 15) is 9.59 Å². The zero-order valence-corrected chi connectivity index (χ0v) is 14.3. The van der Waals surface area contributed by atoms with Crippen molar-refractivity contribution in [1.82, 2.24) is 0 Å². The molecule has 0 spiro atoms. The van der Waals surface area contributed by atoms with Gasteiger partial charge in [0.15, 0.2) is 12.9 Å². The van der Waals surface area contributed by atoms with Crippen molar-refractivity contribution < 1.29 is 14.3 Å². The second-order valence-electron chi connectivity index (χ2n) is 5.57. The topological polar surface area (TPSA) is 55.4 Å². The first-order valence-corrected chi connectivity index (χ1v) is 8.12. The number of hydrogen-bond donors (Lipinski definition) is 1. The smallest absolute Gasteiger partial charge is 0.262 e. The van der Waals surface area contributed by atoms with Crippen molar-refractivity contribution in [1.29, 1.82) is 0 Å². The van der Waals surface area contributed by atoms with Gasteiger partial charge in [0.25, 0.3) is 5.91 Å². The lowest BCUT2D eigenvalue weighted by Crippen LogP contribution is -2.21. The maximum atomic E-state index is 12.1. The third-order valence-electron chi connectivity index (χ3n) is 3.95. The summed E-state index contributed by atoms with van der Waals surface area (Å²) < 4.78 is 5.56. The number of fused-ring (bicyclic) bond motifs is 1. The minimum Gasteiger partial charge on any atom is -0.483 e. The van der Waals surface area contributed by atoms with Crippen LogP contribution in [-0.4, -0.2) is 18.8 Å². The van der Waals surface area contributed by atoms with E-state index in [0.29, 0.717) is 22.0 Å². The minimum absolute atomic E-state index is 0.203. The van der Waals surface area contributed by atoms with E-state index in [-0.39, 0.29) is 12.5 Å². The normalized spacial score (nSPS) is 10.5. The van der Waals surface area contributed by atoms with Crippen LogP contribution in [0.2, 0.25) is 5.02 Å². The predicted octanol–water partition coefficient (Wildman–Crippen LogP) is 4.63. The number of benzene rings is 3. The SMILES string of the molecule is Cc1c(Cl)cccc1NC(=O)COc1ccc2ccccc2c1C=O. The summed E-state index contributed by atoms with van der Waals surface area (Å²) in [5.41, 5.74) is 1.86. The lowest BCUT2D eigenvalue weighted by Gasteiger charge is -2.12. The zero-order valence-electron chi connectivity index (χ0n) is 13.6. The van der Waals surface area contributed by atoms with Gasteiger partial charge < -0.3 is 10.1 Å². The third kappa shape index (κ3) is 3.64. The van der Waals surface area contributed by atoms with Crippen molar-refractivity contribution in [2.24, 2.45) is 0 Å². The Hall–Kier alpha value is -2.85. The Bertz CT molecular complexity index is 953. The summed E-state index contributed by atoms with van der Waals surface area (Å²) in [5, 5.41) is 5.07. The van der Waals surface area contributed by atoms with Gasteiger partial charge >= 0.3 is 0 Å². The molecule has 126 valence electrons. The number of anilines is 1. The number of rotatable bonds is 5. The van der Waals surface area contributed by atoms with Gasteiger partial charge in [0.05, 0.1) is 5.56 Å². The van der Waals surface area contributed by atoms with E-state index in [4.69, 9.17) is 16.3 Å². The van der Waals surface area contributed by atoms with Gasteiger partial charge in [-0.25, -0.2) is 0 Å². The van der Waals surface area contributed by atoms with Crippen LogP contribution in [0.15, 0.2) is 54.6 Å². The molecule has 3 aromatic carbocycles. The van der Waals surface area contributed by atoms with Crippen LogP contribution in [0.5, 0.6) is 5.75 Å². The highest BCUT2D eigenvalue weighted by Crippen LogP contribution is 2.27. The fraction of sp³-hybridized carbons (Fsp3) is 0.100. The Morgan fingerprint density at radius 3 is 2.72 bits per heavy atom. The van der Waals surface area contributed by atoms with Gasteiger partial charge in [0, 0.05) is 10.7 Å². The molecule has 0 radical (unpaired) electrons. The first-order valence-electron chi connectivity index (χ1n) is 7.75. The van der Waals surface area contributed by atoms with Crippen LogP contribution in [0.1, 0.15) is 15.9 Å². The van der Waals surface area contributed by atoms with E-state index in [0.717, 1.165) is 22.6 Å². The van der Waals surface area contributed by atoms with E-state index >= 15 is 0 Å². The molecule has 0 heterocycles. The van der Waals surface area contributed by atoms with Gasteiger partial charge in [-0.1, -0.05) is 48.0 Å². The Morgan fingerprint density at radius 1 is 1.12 bits per heavy atom. The second-order valence-corrected chi connectivity index (χ2v) is 5.97. The highest BCUT2D eigenvalue weighted by molar-refractivity contribution is 6.31. The number of nitrogens with one attached hydrogen (secondary N) is 1. The van der Waals surface area contributed by atoms with Crippen molar-refractivity contribution in [3.63, 3.8) is 0 Å². The molecular weight excluding hydrogens is 338 g/mol. The van der Waals surface area contributed by atoms with Crippen molar-refractivity contribution in [3.8, 4) is 5.75 Å². The Balaban J connectivity index is 1.75. The summed E-state index contributed by atoms with van der Waals surface area (Å²) in [6, 6.07) is 16.4. The molecule has 0 aliphatic carbocycles. The summed E-state index contributed by atoms with van der Waals surface area (Å²) in [7, 11) is 0. The second kappa shape index (κ2) is 7.36. The predicted molar refractivity (Wildman–Crippen MR) is 99.6 cm³/mol. The molecule has 0 aromatic heterocycles. The first kappa shape index (κ1) is 17.0. The molecule has 0 bridgehead atoms. The van der Waals surface area contributed by atoms with E-state index in [1.807, 2.05) is 37.3 Å². The molecule has 0 unspecified atom stereocenters. The van der Waals surface area contributed by atoms with Crippen LogP contribution >= 0.6 is 11.6 Å².